The van der Waals surface area contributed by atoms with E-state index in [9.17, 15) is 0 Å². The Morgan fingerprint density at radius 2 is 1.91 bits per heavy atom. The summed E-state index contributed by atoms with van der Waals surface area (Å²) in [7, 11) is 0. The summed E-state index contributed by atoms with van der Waals surface area (Å²) in [5, 5.41) is 1.62. The number of anilines is 1. The van der Waals surface area contributed by atoms with E-state index in [1.54, 1.807) is 11.3 Å². The molecule has 0 amide bonds. The molecule has 0 bridgehead atoms. The molecule has 5 rings (SSSR count). The molecule has 1 aliphatic heterocycles. The molecule has 5 heteroatoms. The molecule has 0 N–H and O–H groups in total. The van der Waals surface area contributed by atoms with E-state index in [1.807, 2.05) is 0 Å². The third-order valence-corrected chi connectivity index (χ3v) is 6.30. The predicted molar refractivity (Wildman–Crippen MR) is 95.6 cm³/mol. The van der Waals surface area contributed by atoms with E-state index in [2.05, 4.69) is 39.1 Å². The van der Waals surface area contributed by atoms with Gasteiger partial charge in [0.25, 0.3) is 0 Å². The SMILES string of the molecule is Clc1nc(N2CCc3ccccc3C2)c2c3c(sc2n1)CCC3. The van der Waals surface area contributed by atoms with E-state index < -0.39 is 0 Å². The first-order valence-corrected chi connectivity index (χ1v) is 9.28. The van der Waals surface area contributed by atoms with Crippen molar-refractivity contribution in [2.24, 2.45) is 0 Å². The minimum absolute atomic E-state index is 0.367. The molecule has 23 heavy (non-hydrogen) atoms. The maximum Gasteiger partial charge on any atom is 0.225 e. The summed E-state index contributed by atoms with van der Waals surface area (Å²) in [5.41, 5.74) is 4.32. The quantitative estimate of drug-likeness (QED) is 0.614. The number of fused-ring (bicyclic) bond motifs is 4. The second-order valence-corrected chi connectivity index (χ2v) is 7.72. The van der Waals surface area contributed by atoms with Gasteiger partial charge in [-0.2, -0.15) is 4.98 Å². The largest absolute Gasteiger partial charge is 0.351 e. The Labute approximate surface area is 143 Å². The molecule has 0 saturated carbocycles. The van der Waals surface area contributed by atoms with Gasteiger partial charge in [0, 0.05) is 18.0 Å². The van der Waals surface area contributed by atoms with Crippen LogP contribution in [0.5, 0.6) is 0 Å². The highest BCUT2D eigenvalue weighted by molar-refractivity contribution is 7.19. The highest BCUT2D eigenvalue weighted by atomic mass is 35.5. The Morgan fingerprint density at radius 1 is 1.04 bits per heavy atom. The van der Waals surface area contributed by atoms with Crippen LogP contribution in [-0.4, -0.2) is 16.5 Å². The molecule has 0 spiro atoms. The number of thiophene rings is 1. The second-order valence-electron chi connectivity index (χ2n) is 6.29. The van der Waals surface area contributed by atoms with Crippen LogP contribution >= 0.6 is 22.9 Å². The van der Waals surface area contributed by atoms with Crippen LogP contribution in [-0.2, 0) is 25.8 Å². The Morgan fingerprint density at radius 3 is 2.83 bits per heavy atom. The van der Waals surface area contributed by atoms with Crippen LogP contribution in [0.1, 0.15) is 28.0 Å². The molecule has 1 aliphatic carbocycles. The summed E-state index contributed by atoms with van der Waals surface area (Å²) in [5.74, 6) is 1.04. The lowest BCUT2D eigenvalue weighted by atomic mass is 9.99. The highest BCUT2D eigenvalue weighted by Crippen LogP contribution is 2.41. The number of hydrogen-bond acceptors (Lipinski definition) is 4. The normalized spacial score (nSPS) is 16.7. The van der Waals surface area contributed by atoms with Crippen molar-refractivity contribution in [1.82, 2.24) is 9.97 Å². The number of rotatable bonds is 1. The van der Waals surface area contributed by atoms with Crippen molar-refractivity contribution in [2.75, 3.05) is 11.4 Å². The van der Waals surface area contributed by atoms with Crippen LogP contribution in [0.2, 0.25) is 5.28 Å². The zero-order valence-electron chi connectivity index (χ0n) is 12.7. The average molecular weight is 342 g/mol. The molecule has 116 valence electrons. The molecule has 3 nitrogen and oxygen atoms in total. The molecule has 0 unspecified atom stereocenters. The monoisotopic (exact) mass is 341 g/mol. The summed E-state index contributed by atoms with van der Waals surface area (Å²) < 4.78 is 0. The number of benzene rings is 1. The highest BCUT2D eigenvalue weighted by Gasteiger charge is 2.26. The van der Waals surface area contributed by atoms with Crippen molar-refractivity contribution in [3.63, 3.8) is 0 Å². The average Bonchev–Trinajstić information content (AvgIpc) is 3.14. The standard InChI is InChI=1S/C18H16ClN3S/c19-18-20-16(15-13-6-3-7-14(13)23-17(15)21-18)22-9-8-11-4-1-2-5-12(11)10-22/h1-2,4-5H,3,6-10H2. The fraction of sp³-hybridized carbons (Fsp3) is 0.333. The fourth-order valence-corrected chi connectivity index (χ4v) is 5.33. The zero-order chi connectivity index (χ0) is 15.4. The zero-order valence-corrected chi connectivity index (χ0v) is 14.3. The molecule has 3 heterocycles. The predicted octanol–water partition coefficient (Wildman–Crippen LogP) is 4.40. The first-order chi connectivity index (χ1) is 11.3. The Bertz CT molecular complexity index is 918. The number of halogens is 1. The minimum atomic E-state index is 0.367. The third kappa shape index (κ3) is 2.16. The molecule has 1 aromatic carbocycles. The van der Waals surface area contributed by atoms with Crippen LogP contribution in [0.25, 0.3) is 10.2 Å². The summed E-state index contributed by atoms with van der Waals surface area (Å²) in [6.45, 7) is 1.90. The van der Waals surface area contributed by atoms with Gasteiger partial charge in [0.15, 0.2) is 0 Å². The fourth-order valence-electron chi connectivity index (χ4n) is 3.86. The van der Waals surface area contributed by atoms with Gasteiger partial charge >= 0.3 is 0 Å². The van der Waals surface area contributed by atoms with Crippen molar-refractivity contribution in [2.45, 2.75) is 32.2 Å². The van der Waals surface area contributed by atoms with E-state index in [1.165, 1.54) is 39.8 Å². The van der Waals surface area contributed by atoms with Crippen molar-refractivity contribution in [3.8, 4) is 0 Å². The summed E-state index contributed by atoms with van der Waals surface area (Å²) in [6, 6.07) is 8.70. The summed E-state index contributed by atoms with van der Waals surface area (Å²) in [6.07, 6.45) is 4.64. The van der Waals surface area contributed by atoms with Crippen molar-refractivity contribution in [1.29, 1.82) is 0 Å². The first-order valence-electron chi connectivity index (χ1n) is 8.09. The number of hydrogen-bond donors (Lipinski definition) is 0. The summed E-state index contributed by atoms with van der Waals surface area (Å²) >= 11 is 8.03. The van der Waals surface area contributed by atoms with Crippen LogP contribution in [0.3, 0.4) is 0 Å². The molecule has 2 aromatic heterocycles. The van der Waals surface area contributed by atoms with Crippen LogP contribution in [0.15, 0.2) is 24.3 Å². The van der Waals surface area contributed by atoms with E-state index in [4.69, 9.17) is 11.6 Å². The lowest BCUT2D eigenvalue weighted by Crippen LogP contribution is -2.31. The Hall–Kier alpha value is -1.65. The number of aryl methyl sites for hydroxylation is 2. The first kappa shape index (κ1) is 13.8. The van der Waals surface area contributed by atoms with Gasteiger partial charge in [-0.1, -0.05) is 24.3 Å². The molecule has 2 aliphatic rings. The topological polar surface area (TPSA) is 29.0 Å². The van der Waals surface area contributed by atoms with E-state index in [0.29, 0.717) is 5.28 Å². The van der Waals surface area contributed by atoms with E-state index >= 15 is 0 Å². The minimum Gasteiger partial charge on any atom is -0.351 e. The molecule has 0 fully saturated rings. The molecule has 0 radical (unpaired) electrons. The van der Waals surface area contributed by atoms with E-state index in [-0.39, 0.29) is 0 Å². The van der Waals surface area contributed by atoms with Gasteiger partial charge in [0.05, 0.1) is 5.39 Å². The Balaban J connectivity index is 1.66. The van der Waals surface area contributed by atoms with Gasteiger partial charge in [-0.05, 0) is 54.0 Å². The Kier molecular flexibility index (Phi) is 3.10. The molecule has 0 saturated heterocycles. The van der Waals surface area contributed by atoms with Crippen molar-refractivity contribution < 1.29 is 0 Å². The maximum absolute atomic E-state index is 6.22. The van der Waals surface area contributed by atoms with Crippen molar-refractivity contribution in [3.05, 3.63) is 51.1 Å². The molecule has 3 aromatic rings. The molecule has 0 atom stereocenters. The summed E-state index contributed by atoms with van der Waals surface area (Å²) in [4.78, 5) is 14.0. The maximum atomic E-state index is 6.22. The van der Waals surface area contributed by atoms with Gasteiger partial charge in [0.1, 0.15) is 10.6 Å². The van der Waals surface area contributed by atoms with E-state index in [0.717, 1.165) is 36.6 Å². The van der Waals surface area contributed by atoms with Crippen LogP contribution in [0.4, 0.5) is 5.82 Å². The molecular formula is C18H16ClN3S. The van der Waals surface area contributed by atoms with Gasteiger partial charge in [0.2, 0.25) is 5.28 Å². The lowest BCUT2D eigenvalue weighted by Gasteiger charge is -2.30. The number of nitrogens with zero attached hydrogens (tertiary/aromatic N) is 3. The second kappa shape index (κ2) is 5.18. The van der Waals surface area contributed by atoms with Gasteiger partial charge in [-0.25, -0.2) is 4.98 Å². The van der Waals surface area contributed by atoms with Gasteiger partial charge in [-0.3, -0.25) is 0 Å². The van der Waals surface area contributed by atoms with Crippen LogP contribution in [0, 0.1) is 0 Å². The van der Waals surface area contributed by atoms with Crippen molar-refractivity contribution >= 4 is 39.0 Å². The van der Waals surface area contributed by atoms with Gasteiger partial charge < -0.3 is 4.90 Å². The molecular weight excluding hydrogens is 326 g/mol. The third-order valence-electron chi connectivity index (χ3n) is 4.95. The van der Waals surface area contributed by atoms with Crippen LogP contribution < -0.4 is 4.90 Å². The number of aromatic nitrogens is 2. The smallest absolute Gasteiger partial charge is 0.225 e. The lowest BCUT2D eigenvalue weighted by molar-refractivity contribution is 0.723. The van der Waals surface area contributed by atoms with Gasteiger partial charge in [-0.15, -0.1) is 11.3 Å².